The Morgan fingerprint density at radius 3 is 3.18 bits per heavy atom. The number of halogens is 1. The van der Waals surface area contributed by atoms with E-state index >= 15 is 0 Å². The third-order valence-corrected chi connectivity index (χ3v) is 3.46. The monoisotopic (exact) mass is 250 g/mol. The second-order valence-corrected chi connectivity index (χ2v) is 4.96. The van der Waals surface area contributed by atoms with Gasteiger partial charge >= 0.3 is 0 Å². The minimum absolute atomic E-state index is 0.253. The largest absolute Gasteiger partial charge is 0.439 e. The summed E-state index contributed by atoms with van der Waals surface area (Å²) in [5.41, 5.74) is 1.66. The van der Waals surface area contributed by atoms with Crippen molar-refractivity contribution in [2.45, 2.75) is 31.7 Å². The Labute approximate surface area is 105 Å². The lowest BCUT2D eigenvalue weighted by atomic mass is 10.1. The van der Waals surface area contributed by atoms with Crippen molar-refractivity contribution in [1.82, 2.24) is 10.3 Å². The van der Waals surface area contributed by atoms with Crippen LogP contribution in [0.3, 0.4) is 0 Å². The number of oxazole rings is 1. The van der Waals surface area contributed by atoms with E-state index in [-0.39, 0.29) is 6.04 Å². The van der Waals surface area contributed by atoms with Gasteiger partial charge in [0, 0.05) is 11.1 Å². The SMILES string of the molecule is Clc1ccc2nc(C3CCCCCN3)oc2c1. The lowest BCUT2D eigenvalue weighted by molar-refractivity contribution is 0.410. The first kappa shape index (κ1) is 11.1. The fourth-order valence-corrected chi connectivity index (χ4v) is 2.47. The first-order valence-corrected chi connectivity index (χ1v) is 6.50. The quantitative estimate of drug-likeness (QED) is 0.839. The van der Waals surface area contributed by atoms with Gasteiger partial charge in [-0.1, -0.05) is 24.4 Å². The van der Waals surface area contributed by atoms with E-state index in [4.69, 9.17) is 16.0 Å². The van der Waals surface area contributed by atoms with Crippen LogP contribution in [-0.2, 0) is 0 Å². The molecule has 1 aliphatic heterocycles. The van der Waals surface area contributed by atoms with Gasteiger partial charge in [0.25, 0.3) is 0 Å². The average molecular weight is 251 g/mol. The molecule has 90 valence electrons. The Balaban J connectivity index is 1.93. The summed E-state index contributed by atoms with van der Waals surface area (Å²) in [6, 6.07) is 5.82. The molecular formula is C13H15ClN2O. The van der Waals surface area contributed by atoms with E-state index in [9.17, 15) is 0 Å². The summed E-state index contributed by atoms with van der Waals surface area (Å²) in [5, 5.41) is 4.17. The van der Waals surface area contributed by atoms with Crippen LogP contribution in [0.1, 0.15) is 37.6 Å². The van der Waals surface area contributed by atoms with Crippen molar-refractivity contribution in [1.29, 1.82) is 0 Å². The Kier molecular flexibility index (Phi) is 3.04. The zero-order chi connectivity index (χ0) is 11.7. The highest BCUT2D eigenvalue weighted by Crippen LogP contribution is 2.27. The summed E-state index contributed by atoms with van der Waals surface area (Å²) < 4.78 is 5.79. The average Bonchev–Trinajstić information content (AvgIpc) is 2.57. The third-order valence-electron chi connectivity index (χ3n) is 3.23. The minimum Gasteiger partial charge on any atom is -0.439 e. The van der Waals surface area contributed by atoms with Crippen molar-refractivity contribution in [3.8, 4) is 0 Å². The molecule has 1 aromatic carbocycles. The molecule has 1 unspecified atom stereocenters. The van der Waals surface area contributed by atoms with Crippen molar-refractivity contribution in [3.05, 3.63) is 29.1 Å². The number of rotatable bonds is 1. The second-order valence-electron chi connectivity index (χ2n) is 4.52. The lowest BCUT2D eigenvalue weighted by Crippen LogP contribution is -2.20. The van der Waals surface area contributed by atoms with Gasteiger partial charge in [-0.05, 0) is 31.5 Å². The van der Waals surface area contributed by atoms with Crippen molar-refractivity contribution in [2.24, 2.45) is 0 Å². The van der Waals surface area contributed by atoms with E-state index in [1.54, 1.807) is 0 Å². The molecule has 1 atom stereocenters. The molecule has 1 aromatic heterocycles. The van der Waals surface area contributed by atoms with Crippen LogP contribution in [-0.4, -0.2) is 11.5 Å². The fraction of sp³-hybridized carbons (Fsp3) is 0.462. The van der Waals surface area contributed by atoms with Crippen molar-refractivity contribution in [2.75, 3.05) is 6.54 Å². The number of aromatic nitrogens is 1. The van der Waals surface area contributed by atoms with Gasteiger partial charge in [0.1, 0.15) is 5.52 Å². The molecule has 0 bridgehead atoms. The summed E-state index contributed by atoms with van der Waals surface area (Å²) >= 11 is 5.94. The second kappa shape index (κ2) is 4.67. The van der Waals surface area contributed by atoms with E-state index in [1.807, 2.05) is 18.2 Å². The van der Waals surface area contributed by atoms with E-state index in [2.05, 4.69) is 10.3 Å². The summed E-state index contributed by atoms with van der Waals surface area (Å²) in [4.78, 5) is 4.53. The summed E-state index contributed by atoms with van der Waals surface area (Å²) in [6.45, 7) is 1.05. The summed E-state index contributed by atoms with van der Waals surface area (Å²) in [5.74, 6) is 0.796. The molecule has 3 nitrogen and oxygen atoms in total. The number of fused-ring (bicyclic) bond motifs is 1. The lowest BCUT2D eigenvalue weighted by Gasteiger charge is -2.10. The molecule has 1 N–H and O–H groups in total. The van der Waals surface area contributed by atoms with E-state index in [0.29, 0.717) is 5.02 Å². The molecule has 4 heteroatoms. The van der Waals surface area contributed by atoms with Crippen molar-refractivity contribution in [3.63, 3.8) is 0 Å². The first-order valence-electron chi connectivity index (χ1n) is 6.12. The standard InChI is InChI=1S/C13H15ClN2O/c14-9-5-6-10-12(8-9)17-13(16-10)11-4-2-1-3-7-15-11/h5-6,8,11,15H,1-4,7H2. The van der Waals surface area contributed by atoms with Gasteiger partial charge in [-0.2, -0.15) is 0 Å². The first-order chi connectivity index (χ1) is 8.33. The van der Waals surface area contributed by atoms with Gasteiger partial charge in [0.05, 0.1) is 6.04 Å². The Hall–Kier alpha value is -1.06. The molecule has 2 heterocycles. The molecular weight excluding hydrogens is 236 g/mol. The van der Waals surface area contributed by atoms with Crippen molar-refractivity contribution >= 4 is 22.7 Å². The molecule has 1 saturated heterocycles. The molecule has 2 aromatic rings. The maximum absolute atomic E-state index is 5.94. The zero-order valence-electron chi connectivity index (χ0n) is 9.58. The molecule has 0 spiro atoms. The van der Waals surface area contributed by atoms with Crippen LogP contribution in [0.2, 0.25) is 5.02 Å². The van der Waals surface area contributed by atoms with Gasteiger partial charge in [0.2, 0.25) is 5.89 Å². The predicted octanol–water partition coefficient (Wildman–Crippen LogP) is 3.69. The van der Waals surface area contributed by atoms with Gasteiger partial charge in [0.15, 0.2) is 5.58 Å². The zero-order valence-corrected chi connectivity index (χ0v) is 10.3. The number of hydrogen-bond donors (Lipinski definition) is 1. The Bertz CT molecular complexity index is 515. The molecule has 0 aliphatic carbocycles. The van der Waals surface area contributed by atoms with E-state index < -0.39 is 0 Å². The van der Waals surface area contributed by atoms with Crippen LogP contribution >= 0.6 is 11.6 Å². The number of benzene rings is 1. The summed E-state index contributed by atoms with van der Waals surface area (Å²) in [6.07, 6.45) is 4.86. The van der Waals surface area contributed by atoms with E-state index in [1.165, 1.54) is 19.3 Å². The highest BCUT2D eigenvalue weighted by molar-refractivity contribution is 6.31. The molecule has 1 aliphatic rings. The molecule has 0 radical (unpaired) electrons. The number of nitrogens with one attached hydrogen (secondary N) is 1. The highest BCUT2D eigenvalue weighted by atomic mass is 35.5. The smallest absolute Gasteiger partial charge is 0.212 e. The van der Waals surface area contributed by atoms with Gasteiger partial charge in [-0.3, -0.25) is 0 Å². The molecule has 3 rings (SSSR count). The third kappa shape index (κ3) is 2.31. The van der Waals surface area contributed by atoms with Crippen LogP contribution in [0.25, 0.3) is 11.1 Å². The molecule has 0 amide bonds. The van der Waals surface area contributed by atoms with Crippen LogP contribution < -0.4 is 5.32 Å². The Morgan fingerprint density at radius 1 is 1.29 bits per heavy atom. The number of nitrogens with zero attached hydrogens (tertiary/aromatic N) is 1. The Morgan fingerprint density at radius 2 is 2.24 bits per heavy atom. The van der Waals surface area contributed by atoms with Gasteiger partial charge < -0.3 is 9.73 Å². The van der Waals surface area contributed by atoms with E-state index in [0.717, 1.165) is 30.0 Å². The minimum atomic E-state index is 0.253. The van der Waals surface area contributed by atoms with Crippen molar-refractivity contribution < 1.29 is 4.42 Å². The predicted molar refractivity (Wildman–Crippen MR) is 68.2 cm³/mol. The topological polar surface area (TPSA) is 38.1 Å². The van der Waals surface area contributed by atoms with Crippen LogP contribution in [0.15, 0.2) is 22.6 Å². The molecule has 1 fully saturated rings. The summed E-state index contributed by atoms with van der Waals surface area (Å²) in [7, 11) is 0. The normalized spacial score (nSPS) is 21.6. The fourth-order valence-electron chi connectivity index (χ4n) is 2.30. The van der Waals surface area contributed by atoms with Crippen LogP contribution in [0, 0.1) is 0 Å². The maximum Gasteiger partial charge on any atom is 0.212 e. The van der Waals surface area contributed by atoms with Gasteiger partial charge in [-0.25, -0.2) is 4.98 Å². The highest BCUT2D eigenvalue weighted by Gasteiger charge is 2.19. The maximum atomic E-state index is 5.94. The number of hydrogen-bond acceptors (Lipinski definition) is 3. The van der Waals surface area contributed by atoms with Crippen LogP contribution in [0.5, 0.6) is 0 Å². The molecule has 17 heavy (non-hydrogen) atoms. The van der Waals surface area contributed by atoms with Crippen LogP contribution in [0.4, 0.5) is 0 Å². The molecule has 0 saturated carbocycles. The van der Waals surface area contributed by atoms with Gasteiger partial charge in [-0.15, -0.1) is 0 Å².